The number of rotatable bonds is 4. The number of ether oxygens (including phenoxy) is 1. The fourth-order valence-electron chi connectivity index (χ4n) is 4.21. The molecule has 0 radical (unpaired) electrons. The van der Waals surface area contributed by atoms with E-state index < -0.39 is 5.41 Å². The van der Waals surface area contributed by atoms with Gasteiger partial charge in [-0.2, -0.15) is 0 Å². The number of amides is 1. The van der Waals surface area contributed by atoms with Gasteiger partial charge in [0.15, 0.2) is 0 Å². The second-order valence-corrected chi connectivity index (χ2v) is 7.30. The van der Waals surface area contributed by atoms with E-state index in [4.69, 9.17) is 4.74 Å². The van der Waals surface area contributed by atoms with Crippen molar-refractivity contribution in [3.8, 4) is 5.75 Å². The van der Waals surface area contributed by atoms with Gasteiger partial charge in [-0.1, -0.05) is 0 Å². The molecule has 1 spiro atoms. The van der Waals surface area contributed by atoms with Crippen LogP contribution in [-0.4, -0.2) is 47.5 Å². The van der Waals surface area contributed by atoms with Crippen molar-refractivity contribution in [2.75, 3.05) is 31.6 Å². The minimum Gasteiger partial charge on any atom is -0.497 e. The Morgan fingerprint density at radius 1 is 1.26 bits per heavy atom. The van der Waals surface area contributed by atoms with Crippen LogP contribution in [0.5, 0.6) is 5.75 Å². The summed E-state index contributed by atoms with van der Waals surface area (Å²) in [7, 11) is 1.55. The molecule has 6 nitrogen and oxygen atoms in total. The number of likely N-dealkylation sites (tertiary alicyclic amines) is 1. The van der Waals surface area contributed by atoms with Crippen molar-refractivity contribution in [1.29, 1.82) is 0 Å². The Morgan fingerprint density at radius 2 is 2.15 bits per heavy atom. The molecule has 2 aliphatic heterocycles. The molecule has 1 amide bonds. The number of nitrogens with zero attached hydrogens (tertiary/aromatic N) is 4. The summed E-state index contributed by atoms with van der Waals surface area (Å²) < 4.78 is 19.4. The zero-order chi connectivity index (χ0) is 18.9. The summed E-state index contributed by atoms with van der Waals surface area (Å²) in [5.74, 6) is 1.21. The summed E-state index contributed by atoms with van der Waals surface area (Å²) in [5.41, 5.74) is 0.0778. The molecule has 0 saturated carbocycles. The third-order valence-corrected chi connectivity index (χ3v) is 5.67. The quantitative estimate of drug-likeness (QED) is 0.828. The lowest BCUT2D eigenvalue weighted by Crippen LogP contribution is -2.49. The molecule has 0 aliphatic carbocycles. The number of anilines is 1. The van der Waals surface area contributed by atoms with Crippen molar-refractivity contribution in [3.63, 3.8) is 0 Å². The summed E-state index contributed by atoms with van der Waals surface area (Å²) in [4.78, 5) is 25.7. The third-order valence-electron chi connectivity index (χ3n) is 5.67. The van der Waals surface area contributed by atoms with Crippen molar-refractivity contribution in [1.82, 2.24) is 14.9 Å². The average Bonchev–Trinajstić information content (AvgIpc) is 3.13. The van der Waals surface area contributed by atoms with Crippen molar-refractivity contribution >= 4 is 11.7 Å². The fourth-order valence-corrected chi connectivity index (χ4v) is 4.21. The maximum absolute atomic E-state index is 14.2. The molecule has 2 aliphatic rings. The van der Waals surface area contributed by atoms with Crippen LogP contribution in [0.1, 0.15) is 24.8 Å². The highest BCUT2D eigenvalue weighted by molar-refractivity contribution is 5.85. The van der Waals surface area contributed by atoms with E-state index in [9.17, 15) is 9.18 Å². The van der Waals surface area contributed by atoms with E-state index in [2.05, 4.69) is 14.9 Å². The first kappa shape index (κ1) is 17.7. The van der Waals surface area contributed by atoms with Gasteiger partial charge in [0.1, 0.15) is 17.4 Å². The molecule has 7 heteroatoms. The number of piperidine rings is 1. The van der Waals surface area contributed by atoms with Crippen molar-refractivity contribution in [3.05, 3.63) is 48.2 Å². The van der Waals surface area contributed by atoms with E-state index in [1.165, 1.54) is 6.07 Å². The van der Waals surface area contributed by atoms with Gasteiger partial charge in [-0.25, -0.2) is 9.37 Å². The molecular weight excluding hydrogens is 347 g/mol. The van der Waals surface area contributed by atoms with Gasteiger partial charge in [0, 0.05) is 44.1 Å². The van der Waals surface area contributed by atoms with Gasteiger partial charge in [-0.15, -0.1) is 0 Å². The van der Waals surface area contributed by atoms with E-state index in [0.29, 0.717) is 24.4 Å². The molecular formula is C20H23FN4O2. The van der Waals surface area contributed by atoms with Crippen LogP contribution in [0.15, 0.2) is 36.8 Å². The first-order valence-corrected chi connectivity index (χ1v) is 9.24. The predicted octanol–water partition coefficient (Wildman–Crippen LogP) is 2.64. The van der Waals surface area contributed by atoms with E-state index >= 15 is 0 Å². The molecule has 1 aromatic heterocycles. The van der Waals surface area contributed by atoms with Gasteiger partial charge < -0.3 is 14.5 Å². The predicted molar refractivity (Wildman–Crippen MR) is 98.9 cm³/mol. The lowest BCUT2D eigenvalue weighted by Gasteiger charge is -2.39. The van der Waals surface area contributed by atoms with Crippen LogP contribution in [0.25, 0.3) is 0 Å². The molecule has 2 fully saturated rings. The molecule has 2 aromatic rings. The molecule has 1 atom stereocenters. The summed E-state index contributed by atoms with van der Waals surface area (Å²) in [6, 6.07) is 4.65. The van der Waals surface area contributed by atoms with E-state index in [-0.39, 0.29) is 18.3 Å². The Bertz CT molecular complexity index is 832. The number of carbonyl (C=O) groups excluding carboxylic acids is 1. The number of hydrogen-bond acceptors (Lipinski definition) is 5. The van der Waals surface area contributed by atoms with Crippen LogP contribution in [0.4, 0.5) is 10.2 Å². The molecule has 2 saturated heterocycles. The number of halogens is 1. The van der Waals surface area contributed by atoms with E-state index in [0.717, 1.165) is 31.6 Å². The topological polar surface area (TPSA) is 58.6 Å². The third kappa shape index (κ3) is 3.34. The highest BCUT2D eigenvalue weighted by Gasteiger charge is 2.48. The van der Waals surface area contributed by atoms with Gasteiger partial charge >= 0.3 is 0 Å². The second kappa shape index (κ2) is 7.13. The minimum absolute atomic E-state index is 0.113. The summed E-state index contributed by atoms with van der Waals surface area (Å²) in [6.45, 7) is 2.35. The van der Waals surface area contributed by atoms with Crippen molar-refractivity contribution < 1.29 is 13.9 Å². The van der Waals surface area contributed by atoms with Gasteiger partial charge in [0.05, 0.1) is 18.7 Å². The van der Waals surface area contributed by atoms with Gasteiger partial charge in [-0.3, -0.25) is 9.78 Å². The van der Waals surface area contributed by atoms with Crippen LogP contribution in [0.2, 0.25) is 0 Å². The SMILES string of the molecule is COc1ccc(F)c(CN2CCC[C@@]3(CCN(c4cnccn4)C3)C2=O)c1. The monoisotopic (exact) mass is 370 g/mol. The summed E-state index contributed by atoms with van der Waals surface area (Å²) in [5, 5.41) is 0. The van der Waals surface area contributed by atoms with Gasteiger partial charge in [0.25, 0.3) is 0 Å². The Morgan fingerprint density at radius 3 is 2.93 bits per heavy atom. The van der Waals surface area contributed by atoms with Gasteiger partial charge in [-0.05, 0) is 37.5 Å². The van der Waals surface area contributed by atoms with Gasteiger partial charge in [0.2, 0.25) is 5.91 Å². The number of methoxy groups -OCH3 is 1. The fraction of sp³-hybridized carbons (Fsp3) is 0.450. The molecule has 0 N–H and O–H groups in total. The Hall–Kier alpha value is -2.70. The highest BCUT2D eigenvalue weighted by Crippen LogP contribution is 2.41. The molecule has 0 unspecified atom stereocenters. The van der Waals surface area contributed by atoms with E-state index in [1.54, 1.807) is 42.7 Å². The largest absolute Gasteiger partial charge is 0.497 e. The summed E-state index contributed by atoms with van der Waals surface area (Å²) >= 11 is 0. The highest BCUT2D eigenvalue weighted by atomic mass is 19.1. The maximum atomic E-state index is 14.2. The molecule has 1 aromatic carbocycles. The Balaban J connectivity index is 1.52. The number of aromatic nitrogens is 2. The lowest BCUT2D eigenvalue weighted by atomic mass is 9.78. The average molecular weight is 370 g/mol. The molecule has 4 rings (SSSR count). The minimum atomic E-state index is -0.412. The zero-order valence-corrected chi connectivity index (χ0v) is 15.4. The van der Waals surface area contributed by atoms with Crippen LogP contribution < -0.4 is 9.64 Å². The van der Waals surface area contributed by atoms with Crippen LogP contribution in [-0.2, 0) is 11.3 Å². The maximum Gasteiger partial charge on any atom is 0.230 e. The number of carbonyl (C=O) groups is 1. The van der Waals surface area contributed by atoms with Crippen molar-refractivity contribution in [2.24, 2.45) is 5.41 Å². The molecule has 27 heavy (non-hydrogen) atoms. The molecule has 0 bridgehead atoms. The van der Waals surface area contributed by atoms with Crippen LogP contribution in [0, 0.1) is 11.2 Å². The number of hydrogen-bond donors (Lipinski definition) is 0. The van der Waals surface area contributed by atoms with Crippen LogP contribution >= 0.6 is 0 Å². The molecule has 142 valence electrons. The summed E-state index contributed by atoms with van der Waals surface area (Å²) in [6.07, 6.45) is 7.62. The zero-order valence-electron chi connectivity index (χ0n) is 15.4. The number of benzene rings is 1. The Kier molecular flexibility index (Phi) is 4.68. The molecule has 3 heterocycles. The normalized spacial score (nSPS) is 22.5. The first-order valence-electron chi connectivity index (χ1n) is 9.24. The van der Waals surface area contributed by atoms with E-state index in [1.807, 2.05) is 0 Å². The smallest absolute Gasteiger partial charge is 0.230 e. The standard InChI is InChI=1S/C20H23FN4O2/c1-27-16-3-4-17(21)15(11-16)13-24-9-2-5-20(19(24)26)6-10-25(14-20)18-12-22-7-8-23-18/h3-4,7-8,11-12H,2,5-6,9-10,13-14H2,1H3/t20-/m0/s1. The lowest BCUT2D eigenvalue weighted by molar-refractivity contribution is -0.145. The second-order valence-electron chi connectivity index (χ2n) is 7.30. The Labute approximate surface area is 158 Å². The van der Waals surface area contributed by atoms with Crippen molar-refractivity contribution in [2.45, 2.75) is 25.8 Å². The van der Waals surface area contributed by atoms with Crippen LogP contribution in [0.3, 0.4) is 0 Å². The first-order chi connectivity index (χ1) is 13.1.